The minimum absolute atomic E-state index is 0.0812. The Labute approximate surface area is 227 Å². The molecule has 2 unspecified atom stereocenters. The largest absolute Gasteiger partial charge is 0.493 e. The highest BCUT2D eigenvalue weighted by Gasteiger charge is 2.50. The summed E-state index contributed by atoms with van der Waals surface area (Å²) in [6, 6.07) is 17.1. The third-order valence-corrected chi connectivity index (χ3v) is 6.81. The molecule has 0 saturated carbocycles. The molecule has 0 bridgehead atoms. The second-order valence-corrected chi connectivity index (χ2v) is 9.70. The van der Waals surface area contributed by atoms with E-state index in [0.29, 0.717) is 24.9 Å². The van der Waals surface area contributed by atoms with Crippen LogP contribution in [0.5, 0.6) is 0 Å². The van der Waals surface area contributed by atoms with E-state index in [1.165, 1.54) is 0 Å². The summed E-state index contributed by atoms with van der Waals surface area (Å²) in [5, 5.41) is 0.733. The normalized spacial score (nSPS) is 19.4. The summed E-state index contributed by atoms with van der Waals surface area (Å²) < 4.78 is 41.1. The van der Waals surface area contributed by atoms with Gasteiger partial charge in [-0.3, -0.25) is 19.1 Å². The van der Waals surface area contributed by atoms with Crippen LogP contribution in [0.3, 0.4) is 0 Å². The van der Waals surface area contributed by atoms with E-state index in [1.54, 1.807) is 64.4 Å². The van der Waals surface area contributed by atoms with Crippen molar-refractivity contribution < 1.29 is 27.6 Å². The fourth-order valence-electron chi connectivity index (χ4n) is 4.98. The number of piperidine rings is 1. The van der Waals surface area contributed by atoms with Crippen LogP contribution in [0.25, 0.3) is 0 Å². The number of Topliss-reactive ketones (excluding diaryl/α,β-unsaturated/α-hetero) is 1. The van der Waals surface area contributed by atoms with E-state index in [2.05, 4.69) is 4.98 Å². The molecule has 2 atom stereocenters. The second-order valence-electron chi connectivity index (χ2n) is 9.70. The van der Waals surface area contributed by atoms with Crippen molar-refractivity contribution in [2.75, 3.05) is 23.1 Å². The lowest BCUT2D eigenvalue weighted by molar-refractivity contribution is -0.203. The van der Waals surface area contributed by atoms with E-state index in [1.807, 2.05) is 6.07 Å². The molecule has 1 saturated heterocycles. The zero-order valence-electron chi connectivity index (χ0n) is 21.3. The number of carbonyl (C=O) groups excluding carboxylic acids is 2. The number of hydrogen-bond acceptors (Lipinski definition) is 9. The van der Waals surface area contributed by atoms with Gasteiger partial charge >= 0.3 is 12.1 Å². The molecule has 0 spiro atoms. The Morgan fingerprint density at radius 3 is 2.38 bits per heavy atom. The van der Waals surface area contributed by atoms with Crippen LogP contribution >= 0.6 is 0 Å². The van der Waals surface area contributed by atoms with Crippen LogP contribution in [0.2, 0.25) is 0 Å². The third-order valence-electron chi connectivity index (χ3n) is 6.81. The van der Waals surface area contributed by atoms with Crippen LogP contribution in [0.4, 0.5) is 24.7 Å². The number of ketones is 1. The first-order valence-corrected chi connectivity index (χ1v) is 12.7. The summed E-state index contributed by atoms with van der Waals surface area (Å²) in [6.45, 7) is 0.449. The molecule has 13 heteroatoms. The van der Waals surface area contributed by atoms with Crippen molar-refractivity contribution in [2.24, 2.45) is 5.73 Å². The molecule has 2 aromatic carbocycles. The van der Waals surface area contributed by atoms with Gasteiger partial charge in [0.15, 0.2) is 23.6 Å². The third kappa shape index (κ3) is 5.56. The molecule has 1 fully saturated rings. The van der Waals surface area contributed by atoms with Crippen LogP contribution in [0, 0.1) is 0 Å². The van der Waals surface area contributed by atoms with Gasteiger partial charge in [0, 0.05) is 31.2 Å². The number of anilines is 2. The lowest BCUT2D eigenvalue weighted by atomic mass is 10.1. The molecular formula is C27H27F3N6O4. The van der Waals surface area contributed by atoms with Gasteiger partial charge in [0.05, 0.1) is 6.54 Å². The topological polar surface area (TPSA) is 114 Å². The SMILES string of the molecule is NC1CCCN(C2N(Cc3ccccc3)c3c(ncn(CC(=O)c4ccccc4)c3=O)N2OC(=O)C(F)(F)F)C1. The summed E-state index contributed by atoms with van der Waals surface area (Å²) in [5.41, 5.74) is 6.57. The van der Waals surface area contributed by atoms with Gasteiger partial charge in [-0.25, -0.2) is 9.78 Å². The van der Waals surface area contributed by atoms with Gasteiger partial charge in [-0.15, -0.1) is 5.06 Å². The molecule has 0 radical (unpaired) electrons. The van der Waals surface area contributed by atoms with Gasteiger partial charge < -0.3 is 15.5 Å². The van der Waals surface area contributed by atoms with Crippen LogP contribution in [-0.4, -0.2) is 57.8 Å². The summed E-state index contributed by atoms with van der Waals surface area (Å²) in [6.07, 6.45) is -3.98. The standard InChI is InChI=1S/C27H27F3N6O4/c28-27(29,30)25(39)40-36-23-22(24(38)34(17-32-23)16-21(37)19-10-5-2-6-11-19)35(14-18-8-3-1-4-9-18)26(36)33-13-7-12-20(31)15-33/h1-6,8-11,17,20,26H,7,12-16,31H2. The molecule has 2 N–H and O–H groups in total. The number of benzene rings is 2. The number of alkyl halides is 3. The average Bonchev–Trinajstić information content (AvgIpc) is 3.23. The highest BCUT2D eigenvalue weighted by molar-refractivity contribution is 5.95. The van der Waals surface area contributed by atoms with Gasteiger partial charge in [0.2, 0.25) is 0 Å². The predicted octanol–water partition coefficient (Wildman–Crippen LogP) is 2.68. The van der Waals surface area contributed by atoms with Crippen LogP contribution in [0.15, 0.2) is 71.8 Å². The number of hydrogen-bond donors (Lipinski definition) is 1. The monoisotopic (exact) mass is 556 g/mol. The smallest absolute Gasteiger partial charge is 0.327 e. The highest BCUT2D eigenvalue weighted by Crippen LogP contribution is 2.39. The Bertz CT molecular complexity index is 1430. The fourth-order valence-corrected chi connectivity index (χ4v) is 4.98. The van der Waals surface area contributed by atoms with Crippen LogP contribution < -0.4 is 21.3 Å². The Kier molecular flexibility index (Phi) is 7.59. The van der Waals surface area contributed by atoms with E-state index in [0.717, 1.165) is 21.5 Å². The van der Waals surface area contributed by atoms with Crippen molar-refractivity contribution in [3.63, 3.8) is 0 Å². The van der Waals surface area contributed by atoms with Crippen molar-refractivity contribution in [1.29, 1.82) is 0 Å². The predicted molar refractivity (Wildman–Crippen MR) is 139 cm³/mol. The Morgan fingerprint density at radius 2 is 1.73 bits per heavy atom. The van der Waals surface area contributed by atoms with E-state index < -0.39 is 24.0 Å². The van der Waals surface area contributed by atoms with Gasteiger partial charge in [-0.2, -0.15) is 13.2 Å². The zero-order valence-corrected chi connectivity index (χ0v) is 21.3. The molecule has 210 valence electrons. The summed E-state index contributed by atoms with van der Waals surface area (Å²) >= 11 is 0. The summed E-state index contributed by atoms with van der Waals surface area (Å²) in [7, 11) is 0. The minimum Gasteiger partial charge on any atom is -0.327 e. The molecule has 5 rings (SSSR count). The molecule has 3 heterocycles. The number of nitrogens with zero attached hydrogens (tertiary/aromatic N) is 5. The molecule has 0 aliphatic carbocycles. The molecule has 10 nitrogen and oxygen atoms in total. The zero-order chi connectivity index (χ0) is 28.4. The number of halogens is 3. The van der Waals surface area contributed by atoms with E-state index in [-0.39, 0.29) is 43.0 Å². The van der Waals surface area contributed by atoms with Crippen molar-refractivity contribution in [2.45, 2.75) is 44.4 Å². The van der Waals surface area contributed by atoms with Gasteiger partial charge in [-0.05, 0) is 18.4 Å². The first-order valence-electron chi connectivity index (χ1n) is 12.7. The number of hydroxylamine groups is 1. The molecule has 2 aliphatic rings. The molecule has 0 amide bonds. The number of carbonyl (C=O) groups is 2. The van der Waals surface area contributed by atoms with Crippen molar-refractivity contribution in [1.82, 2.24) is 14.5 Å². The lowest BCUT2D eigenvalue weighted by Crippen LogP contribution is -2.60. The maximum atomic E-state index is 13.8. The Hall–Kier alpha value is -4.23. The van der Waals surface area contributed by atoms with Gasteiger partial charge in [0.1, 0.15) is 6.33 Å². The number of nitrogens with two attached hydrogens (primary N) is 1. The summed E-state index contributed by atoms with van der Waals surface area (Å²) in [5.74, 6) is -3.06. The van der Waals surface area contributed by atoms with E-state index in [9.17, 15) is 27.6 Å². The van der Waals surface area contributed by atoms with Gasteiger partial charge in [0.25, 0.3) is 5.56 Å². The first-order chi connectivity index (χ1) is 19.1. The maximum Gasteiger partial charge on any atom is 0.493 e. The molecule has 40 heavy (non-hydrogen) atoms. The Morgan fingerprint density at radius 1 is 1.05 bits per heavy atom. The van der Waals surface area contributed by atoms with Crippen molar-refractivity contribution in [3.05, 3.63) is 88.5 Å². The Balaban J connectivity index is 1.60. The number of aromatic nitrogens is 2. The van der Waals surface area contributed by atoms with Crippen molar-refractivity contribution >= 4 is 23.3 Å². The molecule has 2 aliphatic heterocycles. The molecule has 3 aromatic rings. The quantitative estimate of drug-likeness (QED) is 0.439. The second kappa shape index (κ2) is 11.1. The number of fused-ring (bicyclic) bond motifs is 1. The number of rotatable bonds is 7. The first kappa shape index (κ1) is 27.3. The molecular weight excluding hydrogens is 529 g/mol. The van der Waals surface area contributed by atoms with Crippen LogP contribution in [-0.2, 0) is 22.7 Å². The number of likely N-dealkylation sites (tertiary alicyclic amines) is 1. The lowest BCUT2D eigenvalue weighted by Gasteiger charge is -2.42. The minimum atomic E-state index is -5.28. The fraction of sp³-hybridized carbons (Fsp3) is 0.333. The van der Waals surface area contributed by atoms with Crippen molar-refractivity contribution in [3.8, 4) is 0 Å². The van der Waals surface area contributed by atoms with Crippen LogP contribution in [0.1, 0.15) is 28.8 Å². The maximum absolute atomic E-state index is 13.8. The van der Waals surface area contributed by atoms with Gasteiger partial charge in [-0.1, -0.05) is 60.7 Å². The highest BCUT2D eigenvalue weighted by atomic mass is 19.4. The van der Waals surface area contributed by atoms with E-state index >= 15 is 0 Å². The molecule has 1 aromatic heterocycles. The van der Waals surface area contributed by atoms with E-state index in [4.69, 9.17) is 10.6 Å². The average molecular weight is 557 g/mol. The summed E-state index contributed by atoms with van der Waals surface area (Å²) in [4.78, 5) is 51.2.